The van der Waals surface area contributed by atoms with E-state index in [-0.39, 0.29) is 0 Å². The normalized spacial score (nSPS) is 12.3. The van der Waals surface area contributed by atoms with Crippen molar-refractivity contribution in [3.8, 4) is 0 Å². The summed E-state index contributed by atoms with van der Waals surface area (Å²) in [6.45, 7) is 15.2. The molecule has 1 heterocycles. The highest BCUT2D eigenvalue weighted by Gasteiger charge is 2.21. The van der Waals surface area contributed by atoms with Gasteiger partial charge in [0, 0.05) is 41.6 Å². The second-order valence-electron chi connectivity index (χ2n) is 7.29. The molecule has 2 aromatic rings. The third-order valence-electron chi connectivity index (χ3n) is 5.12. The molecule has 2 rings (SSSR count). The lowest BCUT2D eigenvalue weighted by atomic mass is 10.2. The Morgan fingerprint density at radius 2 is 1.63 bits per heavy atom. The number of hydrogen-bond acceptors (Lipinski definition) is 2. The average Bonchev–Trinajstić information content (AvgIpc) is 2.90. The number of aryl methyl sites for hydroxylation is 1. The van der Waals surface area contributed by atoms with Gasteiger partial charge < -0.3 is 9.88 Å². The minimum Gasteiger partial charge on any atom is -0.346 e. The molecule has 0 spiro atoms. The molecule has 6 heteroatoms. The van der Waals surface area contributed by atoms with Crippen molar-refractivity contribution >= 4 is 10.0 Å². The van der Waals surface area contributed by atoms with Crippen LogP contribution in [0.15, 0.2) is 35.2 Å². The zero-order valence-electron chi connectivity index (χ0n) is 17.5. The summed E-state index contributed by atoms with van der Waals surface area (Å²) in [6.07, 6.45) is 0. The van der Waals surface area contributed by atoms with Crippen molar-refractivity contribution in [3.63, 3.8) is 0 Å². The minimum absolute atomic E-state index is 0.371. The van der Waals surface area contributed by atoms with Crippen molar-refractivity contribution < 1.29 is 13.7 Å². The Hall–Kier alpha value is -1.63. The lowest BCUT2D eigenvalue weighted by Crippen LogP contribution is -2.80. The molecule has 0 saturated carbocycles. The van der Waals surface area contributed by atoms with Gasteiger partial charge in [-0.05, 0) is 45.9 Å². The van der Waals surface area contributed by atoms with E-state index in [2.05, 4.69) is 43.6 Å². The molecule has 0 unspecified atom stereocenters. The predicted octanol–water partition coefficient (Wildman–Crippen LogP) is 2.98. The van der Waals surface area contributed by atoms with Crippen LogP contribution >= 0.6 is 0 Å². The monoisotopic (exact) mass is 392 g/mol. The first-order valence-electron chi connectivity index (χ1n) is 9.80. The largest absolute Gasteiger partial charge is 0.346 e. The fourth-order valence-corrected chi connectivity index (χ4v) is 5.21. The molecule has 2 N–H and O–H groups in total. The van der Waals surface area contributed by atoms with E-state index in [1.165, 1.54) is 21.3 Å². The molecule has 0 atom stereocenters. The first kappa shape index (κ1) is 21.7. The highest BCUT2D eigenvalue weighted by molar-refractivity contribution is 7.89. The van der Waals surface area contributed by atoms with Crippen LogP contribution in [0.5, 0.6) is 0 Å². The number of nitrogens with zero attached hydrogens (tertiary/aromatic N) is 2. The molecule has 0 aliphatic carbocycles. The summed E-state index contributed by atoms with van der Waals surface area (Å²) in [5.74, 6) is 0. The lowest BCUT2D eigenvalue weighted by Gasteiger charge is -2.18. The van der Waals surface area contributed by atoms with Crippen LogP contribution in [0.1, 0.15) is 56.3 Å². The number of rotatable bonds is 9. The van der Waals surface area contributed by atoms with Crippen LogP contribution in [0.2, 0.25) is 0 Å². The number of hydrogen-bond donors (Lipinski definition) is 1. The molecule has 0 saturated heterocycles. The second-order valence-corrected chi connectivity index (χ2v) is 9.23. The molecule has 0 fully saturated rings. The number of benzene rings is 1. The van der Waals surface area contributed by atoms with Crippen LogP contribution in [0.4, 0.5) is 0 Å². The molecule has 0 radical (unpaired) electrons. The molecule has 0 aliphatic heterocycles. The molecular weight excluding hydrogens is 358 g/mol. The zero-order valence-corrected chi connectivity index (χ0v) is 18.3. The van der Waals surface area contributed by atoms with Crippen molar-refractivity contribution in [2.45, 2.75) is 65.6 Å². The molecule has 1 aromatic heterocycles. The van der Waals surface area contributed by atoms with E-state index in [1.807, 2.05) is 26.0 Å². The van der Waals surface area contributed by atoms with Crippen LogP contribution in [-0.2, 0) is 23.1 Å². The van der Waals surface area contributed by atoms with Crippen molar-refractivity contribution in [1.29, 1.82) is 0 Å². The van der Waals surface area contributed by atoms with Gasteiger partial charge in [-0.25, -0.2) is 8.42 Å². The summed E-state index contributed by atoms with van der Waals surface area (Å²) >= 11 is 0. The minimum atomic E-state index is -3.38. The number of sulfonamides is 1. The molecule has 0 aliphatic rings. The fourth-order valence-electron chi connectivity index (χ4n) is 3.75. The van der Waals surface area contributed by atoms with Crippen molar-refractivity contribution in [2.24, 2.45) is 0 Å². The Bertz CT molecular complexity index is 848. The Labute approximate surface area is 164 Å². The van der Waals surface area contributed by atoms with Crippen LogP contribution in [0.3, 0.4) is 0 Å². The Kier molecular flexibility index (Phi) is 7.25. The van der Waals surface area contributed by atoms with Gasteiger partial charge in [0.1, 0.15) is 13.1 Å². The topological polar surface area (TPSA) is 58.9 Å². The maximum Gasteiger partial charge on any atom is 0.243 e. The van der Waals surface area contributed by atoms with Gasteiger partial charge in [-0.1, -0.05) is 26.0 Å². The summed E-state index contributed by atoms with van der Waals surface area (Å²) in [5, 5.41) is 2.26. The van der Waals surface area contributed by atoms with Crippen LogP contribution in [-0.4, -0.2) is 30.4 Å². The van der Waals surface area contributed by atoms with E-state index in [0.717, 1.165) is 18.7 Å². The van der Waals surface area contributed by atoms with E-state index in [1.54, 1.807) is 12.1 Å². The molecule has 1 aromatic carbocycles. The summed E-state index contributed by atoms with van der Waals surface area (Å²) in [6, 6.07) is 10.0. The Morgan fingerprint density at radius 3 is 2.11 bits per heavy atom. The SMILES string of the molecule is CCN(CC)S(=O)(=O)c1ccc(C[NH2+]Cc2cc(C)n(C(C)C)c2C)cc1. The number of quaternary nitrogens is 1. The van der Waals surface area contributed by atoms with Gasteiger partial charge in [-0.3, -0.25) is 0 Å². The highest BCUT2D eigenvalue weighted by atomic mass is 32.2. The van der Waals surface area contributed by atoms with Gasteiger partial charge >= 0.3 is 0 Å². The van der Waals surface area contributed by atoms with Crippen molar-refractivity contribution in [1.82, 2.24) is 8.87 Å². The van der Waals surface area contributed by atoms with Crippen LogP contribution in [0, 0.1) is 13.8 Å². The molecule has 0 bridgehead atoms. The van der Waals surface area contributed by atoms with E-state index < -0.39 is 10.0 Å². The predicted molar refractivity (Wildman–Crippen MR) is 110 cm³/mol. The standard InChI is InChI=1S/C21H33N3O2S/c1-7-23(8-2)27(25,26)21-11-9-19(10-12-21)14-22-15-20-13-17(5)24(16(3)4)18(20)6/h9-13,16,22H,7-8,14-15H2,1-6H3/p+1. The van der Waals surface area contributed by atoms with Crippen molar-refractivity contribution in [3.05, 3.63) is 52.8 Å². The molecular formula is C21H34N3O2S+. The average molecular weight is 393 g/mol. The summed E-state index contributed by atoms with van der Waals surface area (Å²) in [4.78, 5) is 0.371. The number of nitrogens with two attached hydrogens (primary N) is 1. The third-order valence-corrected chi connectivity index (χ3v) is 7.18. The third kappa shape index (κ3) is 4.81. The molecule has 0 amide bonds. The van der Waals surface area contributed by atoms with Gasteiger partial charge in [0.15, 0.2) is 0 Å². The maximum atomic E-state index is 12.5. The van der Waals surface area contributed by atoms with Crippen LogP contribution in [0.25, 0.3) is 0 Å². The molecule has 27 heavy (non-hydrogen) atoms. The van der Waals surface area contributed by atoms with E-state index >= 15 is 0 Å². The summed E-state index contributed by atoms with van der Waals surface area (Å²) in [7, 11) is -3.38. The first-order valence-corrected chi connectivity index (χ1v) is 11.2. The Balaban J connectivity index is 2.01. The number of aromatic nitrogens is 1. The smallest absolute Gasteiger partial charge is 0.243 e. The highest BCUT2D eigenvalue weighted by Crippen LogP contribution is 2.19. The summed E-state index contributed by atoms with van der Waals surface area (Å²) < 4.78 is 29.0. The van der Waals surface area contributed by atoms with Crippen LogP contribution < -0.4 is 5.32 Å². The van der Waals surface area contributed by atoms with Gasteiger partial charge in [0.05, 0.1) is 4.90 Å². The first-order chi connectivity index (χ1) is 12.7. The van der Waals surface area contributed by atoms with Gasteiger partial charge in [-0.15, -0.1) is 0 Å². The van der Waals surface area contributed by atoms with Gasteiger partial charge in [0.25, 0.3) is 0 Å². The van der Waals surface area contributed by atoms with Gasteiger partial charge in [0.2, 0.25) is 10.0 Å². The van der Waals surface area contributed by atoms with Gasteiger partial charge in [-0.2, -0.15) is 4.31 Å². The van der Waals surface area contributed by atoms with E-state index in [0.29, 0.717) is 24.0 Å². The summed E-state index contributed by atoms with van der Waals surface area (Å²) in [5.41, 5.74) is 5.13. The molecule has 150 valence electrons. The zero-order chi connectivity index (χ0) is 20.2. The second kappa shape index (κ2) is 9.04. The van der Waals surface area contributed by atoms with E-state index in [4.69, 9.17) is 0 Å². The van der Waals surface area contributed by atoms with Crippen molar-refractivity contribution in [2.75, 3.05) is 13.1 Å². The quantitative estimate of drug-likeness (QED) is 0.713. The van der Waals surface area contributed by atoms with E-state index in [9.17, 15) is 8.42 Å². The maximum absolute atomic E-state index is 12.5. The Morgan fingerprint density at radius 1 is 1.04 bits per heavy atom. The fraction of sp³-hybridized carbons (Fsp3) is 0.524. The molecule has 5 nitrogen and oxygen atoms in total. The lowest BCUT2D eigenvalue weighted by molar-refractivity contribution is -0.686.